The van der Waals surface area contributed by atoms with Crippen molar-refractivity contribution in [3.8, 4) is 0 Å². The molecule has 0 aromatic carbocycles. The Bertz CT molecular complexity index is 264. The number of esters is 1. The van der Waals surface area contributed by atoms with Crippen LogP contribution in [-0.4, -0.2) is 60.8 Å². The molecule has 1 fully saturated rings. The number of hydrogen-bond donors (Lipinski definition) is 2. The maximum Gasteiger partial charge on any atom is 0.338 e. The summed E-state index contributed by atoms with van der Waals surface area (Å²) in [6.45, 7) is 0. The van der Waals surface area contributed by atoms with Crippen molar-refractivity contribution in [1.82, 2.24) is 0 Å². The van der Waals surface area contributed by atoms with Gasteiger partial charge in [0.05, 0.1) is 7.11 Å². The Balaban J connectivity index is 2.83. The van der Waals surface area contributed by atoms with Crippen LogP contribution < -0.4 is 0 Å². The topological polar surface area (TPSA) is 102 Å². The number of ether oxygens (including phenoxy) is 3. The van der Waals surface area contributed by atoms with Crippen LogP contribution in [0.2, 0.25) is 0 Å². The predicted molar refractivity (Wildman–Crippen MR) is 44.7 cm³/mol. The normalized spacial score (nSPS) is 36.4. The van der Waals surface area contributed by atoms with E-state index in [0.717, 1.165) is 7.11 Å². The molecule has 7 heteroatoms. The molecule has 0 bridgehead atoms. The van der Waals surface area contributed by atoms with Gasteiger partial charge in [-0.1, -0.05) is 0 Å². The van der Waals surface area contributed by atoms with E-state index < -0.39 is 36.4 Å². The van der Waals surface area contributed by atoms with E-state index in [1.165, 1.54) is 7.11 Å². The average Bonchev–Trinajstić information content (AvgIpc) is 2.25. The van der Waals surface area contributed by atoms with E-state index in [9.17, 15) is 19.8 Å². The molecular formula is C8H12O7. The molecule has 0 amide bonds. The van der Waals surface area contributed by atoms with Crippen molar-refractivity contribution in [2.45, 2.75) is 24.6 Å². The van der Waals surface area contributed by atoms with Gasteiger partial charge in [-0.15, -0.1) is 0 Å². The number of rotatable bonds is 2. The predicted octanol–water partition coefficient (Wildman–Crippen LogP) is -2.18. The van der Waals surface area contributed by atoms with Crippen molar-refractivity contribution in [2.75, 3.05) is 14.2 Å². The molecule has 86 valence electrons. The van der Waals surface area contributed by atoms with Crippen molar-refractivity contribution in [2.24, 2.45) is 0 Å². The second-order valence-electron chi connectivity index (χ2n) is 2.98. The fraction of sp³-hybridized carbons (Fsp3) is 0.750. The van der Waals surface area contributed by atoms with Crippen molar-refractivity contribution in [3.05, 3.63) is 0 Å². The lowest BCUT2D eigenvalue weighted by Gasteiger charge is -2.33. The van der Waals surface area contributed by atoms with Gasteiger partial charge in [0, 0.05) is 7.11 Å². The molecule has 0 aromatic rings. The van der Waals surface area contributed by atoms with E-state index in [2.05, 4.69) is 9.47 Å². The summed E-state index contributed by atoms with van der Waals surface area (Å²) in [6.07, 6.45) is -6.08. The molecule has 15 heavy (non-hydrogen) atoms. The maximum atomic E-state index is 11.3. The largest absolute Gasteiger partial charge is 0.467 e. The Kier molecular flexibility index (Phi) is 3.75. The van der Waals surface area contributed by atoms with Crippen molar-refractivity contribution >= 4 is 11.8 Å². The minimum absolute atomic E-state index is 0.898. The van der Waals surface area contributed by atoms with Crippen LogP contribution in [0.3, 0.4) is 0 Å². The molecule has 0 saturated carbocycles. The molecule has 0 aromatic heterocycles. The molecule has 1 saturated heterocycles. The van der Waals surface area contributed by atoms with Gasteiger partial charge in [-0.3, -0.25) is 4.79 Å². The summed E-state index contributed by atoms with van der Waals surface area (Å²) < 4.78 is 13.8. The molecule has 0 aliphatic carbocycles. The fourth-order valence-electron chi connectivity index (χ4n) is 1.24. The highest BCUT2D eigenvalue weighted by Gasteiger charge is 2.47. The summed E-state index contributed by atoms with van der Waals surface area (Å²) in [6, 6.07) is 0. The summed E-state index contributed by atoms with van der Waals surface area (Å²) in [7, 11) is 2.29. The highest BCUT2D eigenvalue weighted by molar-refractivity contribution is 5.93. The molecule has 0 unspecified atom stereocenters. The van der Waals surface area contributed by atoms with Crippen molar-refractivity contribution in [3.63, 3.8) is 0 Å². The maximum absolute atomic E-state index is 11.3. The molecule has 1 heterocycles. The highest BCUT2D eigenvalue weighted by atomic mass is 16.7. The van der Waals surface area contributed by atoms with E-state index >= 15 is 0 Å². The number of carbonyl (C=O) groups is 2. The minimum Gasteiger partial charge on any atom is -0.467 e. The van der Waals surface area contributed by atoms with Crippen LogP contribution in [0.4, 0.5) is 0 Å². The lowest BCUT2D eigenvalue weighted by atomic mass is 10.0. The van der Waals surface area contributed by atoms with Gasteiger partial charge in [0.1, 0.15) is 0 Å². The van der Waals surface area contributed by atoms with Gasteiger partial charge in [-0.2, -0.15) is 0 Å². The third-order valence-corrected chi connectivity index (χ3v) is 2.07. The van der Waals surface area contributed by atoms with E-state index in [0.29, 0.717) is 0 Å². The first-order chi connectivity index (χ1) is 7.02. The summed E-state index contributed by atoms with van der Waals surface area (Å²) in [5.74, 6) is -1.83. The van der Waals surface area contributed by atoms with Crippen LogP contribution in [0.5, 0.6) is 0 Å². The molecule has 1 aliphatic rings. The molecular weight excluding hydrogens is 208 g/mol. The van der Waals surface area contributed by atoms with Crippen LogP contribution in [-0.2, 0) is 23.8 Å². The zero-order chi connectivity index (χ0) is 11.6. The molecule has 1 rings (SSSR count). The second kappa shape index (κ2) is 4.67. The van der Waals surface area contributed by atoms with Crippen LogP contribution in [0, 0.1) is 0 Å². The van der Waals surface area contributed by atoms with Gasteiger partial charge in [0.25, 0.3) is 0 Å². The first-order valence-corrected chi connectivity index (χ1v) is 4.19. The summed E-state index contributed by atoms with van der Waals surface area (Å²) >= 11 is 0. The van der Waals surface area contributed by atoms with Gasteiger partial charge in [-0.05, 0) is 0 Å². The number of ketones is 1. The number of carbonyl (C=O) groups excluding carboxylic acids is 2. The van der Waals surface area contributed by atoms with E-state index in [1.807, 2.05) is 0 Å². The van der Waals surface area contributed by atoms with Gasteiger partial charge in [-0.25, -0.2) is 4.79 Å². The first-order valence-electron chi connectivity index (χ1n) is 4.19. The summed E-state index contributed by atoms with van der Waals surface area (Å²) in [5.41, 5.74) is 0. The molecule has 2 N–H and O–H groups in total. The third-order valence-electron chi connectivity index (χ3n) is 2.07. The van der Waals surface area contributed by atoms with Gasteiger partial charge >= 0.3 is 5.97 Å². The Hall–Kier alpha value is -1.02. The van der Waals surface area contributed by atoms with Crippen molar-refractivity contribution in [1.29, 1.82) is 0 Å². The van der Waals surface area contributed by atoms with Crippen molar-refractivity contribution < 1.29 is 34.0 Å². The third kappa shape index (κ3) is 2.15. The lowest BCUT2D eigenvalue weighted by molar-refractivity contribution is -0.245. The lowest BCUT2D eigenvalue weighted by Crippen LogP contribution is -2.58. The van der Waals surface area contributed by atoms with Gasteiger partial charge in [0.2, 0.25) is 0 Å². The Labute approximate surface area is 85.5 Å². The van der Waals surface area contributed by atoms with Gasteiger partial charge < -0.3 is 24.4 Å². The SMILES string of the molecule is COC(=O)[C@H]1O[C@H](OC)[C@H](O)C(=O)[C@@H]1O. The first kappa shape index (κ1) is 12.1. The molecule has 1 aliphatic heterocycles. The zero-order valence-corrected chi connectivity index (χ0v) is 8.25. The smallest absolute Gasteiger partial charge is 0.338 e. The second-order valence-corrected chi connectivity index (χ2v) is 2.98. The molecule has 4 atom stereocenters. The van der Waals surface area contributed by atoms with E-state index in [4.69, 9.17) is 4.74 Å². The molecule has 0 radical (unpaired) electrons. The fourth-order valence-corrected chi connectivity index (χ4v) is 1.24. The number of Topliss-reactive ketones (excluding diaryl/α,β-unsaturated/α-hetero) is 1. The summed E-state index contributed by atoms with van der Waals surface area (Å²) in [5, 5.41) is 18.6. The molecule has 0 spiro atoms. The monoisotopic (exact) mass is 220 g/mol. The number of aliphatic hydroxyl groups is 2. The number of methoxy groups -OCH3 is 2. The number of hydrogen-bond acceptors (Lipinski definition) is 7. The van der Waals surface area contributed by atoms with Crippen LogP contribution in [0.1, 0.15) is 0 Å². The van der Waals surface area contributed by atoms with Gasteiger partial charge in [0.15, 0.2) is 30.4 Å². The quantitative estimate of drug-likeness (QED) is 0.510. The minimum atomic E-state index is -1.74. The Morgan fingerprint density at radius 1 is 1.33 bits per heavy atom. The van der Waals surface area contributed by atoms with Crippen LogP contribution >= 0.6 is 0 Å². The van der Waals surface area contributed by atoms with Crippen LogP contribution in [0.25, 0.3) is 0 Å². The van der Waals surface area contributed by atoms with E-state index in [1.54, 1.807) is 0 Å². The standard InChI is InChI=1S/C8H12O7/c1-13-7(12)6-4(10)3(9)5(11)8(14-2)15-6/h4-6,8,10-11H,1-2H3/t4-,5+,6-,8-/m0/s1. The van der Waals surface area contributed by atoms with E-state index in [-0.39, 0.29) is 0 Å². The number of aliphatic hydroxyl groups excluding tert-OH is 2. The molecule has 7 nitrogen and oxygen atoms in total. The summed E-state index contributed by atoms with van der Waals surface area (Å²) in [4.78, 5) is 22.4. The average molecular weight is 220 g/mol. The Morgan fingerprint density at radius 2 is 1.93 bits per heavy atom. The van der Waals surface area contributed by atoms with Crippen LogP contribution in [0.15, 0.2) is 0 Å². The zero-order valence-electron chi connectivity index (χ0n) is 8.25. The highest BCUT2D eigenvalue weighted by Crippen LogP contribution is 2.19. The Morgan fingerprint density at radius 3 is 2.40 bits per heavy atom.